The minimum Gasteiger partial charge on any atom is -0.508 e. The molecule has 0 fully saturated rings. The molecule has 2 aromatic carbocycles. The third-order valence-electron chi connectivity index (χ3n) is 2.27. The normalized spacial score (nSPS) is 11.5. The van der Waals surface area contributed by atoms with Crippen LogP contribution in [0.4, 0.5) is 4.39 Å². The van der Waals surface area contributed by atoms with E-state index in [0.717, 1.165) is 0 Å². The summed E-state index contributed by atoms with van der Waals surface area (Å²) in [7, 11) is 0. The molecule has 0 atom stereocenters. The van der Waals surface area contributed by atoms with Gasteiger partial charge in [0.15, 0.2) is 0 Å². The van der Waals surface area contributed by atoms with E-state index in [-0.39, 0.29) is 11.5 Å². The van der Waals surface area contributed by atoms with Gasteiger partial charge in [0, 0.05) is 11.6 Å². The van der Waals surface area contributed by atoms with Crippen molar-refractivity contribution in [1.29, 1.82) is 0 Å². The van der Waals surface area contributed by atoms with Crippen LogP contribution in [0, 0.1) is 0 Å². The van der Waals surface area contributed by atoms with Gasteiger partial charge in [-0.3, -0.25) is 0 Å². The Hall–Kier alpha value is -2.29. The van der Waals surface area contributed by atoms with E-state index in [2.05, 4.69) is 0 Å². The molecular formula is C14H11FO2. The summed E-state index contributed by atoms with van der Waals surface area (Å²) in [5.74, 6) is -0.621. The van der Waals surface area contributed by atoms with E-state index >= 15 is 0 Å². The lowest BCUT2D eigenvalue weighted by molar-refractivity contribution is 0.450. The number of hydrogen-bond donors (Lipinski definition) is 2. The van der Waals surface area contributed by atoms with Gasteiger partial charge in [-0.05, 0) is 23.8 Å². The maximum absolute atomic E-state index is 13.8. The van der Waals surface area contributed by atoms with Gasteiger partial charge in [0.2, 0.25) is 0 Å². The minimum absolute atomic E-state index is 0.0999. The van der Waals surface area contributed by atoms with Crippen molar-refractivity contribution in [3.05, 3.63) is 59.7 Å². The van der Waals surface area contributed by atoms with Crippen LogP contribution in [0.3, 0.4) is 0 Å². The average Bonchev–Trinajstić information content (AvgIpc) is 2.28. The first kappa shape index (κ1) is 11.2. The minimum atomic E-state index is -0.421. The summed E-state index contributed by atoms with van der Waals surface area (Å²) in [6.07, 6.45) is 1.26. The number of rotatable bonds is 2. The lowest BCUT2D eigenvalue weighted by Gasteiger charge is -2.00. The van der Waals surface area contributed by atoms with Gasteiger partial charge in [0.25, 0.3) is 0 Å². The highest BCUT2D eigenvalue weighted by atomic mass is 19.1. The fourth-order valence-corrected chi connectivity index (χ4v) is 1.53. The van der Waals surface area contributed by atoms with Crippen molar-refractivity contribution in [2.75, 3.05) is 0 Å². The molecule has 0 saturated carbocycles. The molecule has 0 heterocycles. The zero-order valence-electron chi connectivity index (χ0n) is 8.97. The molecule has 17 heavy (non-hydrogen) atoms. The fraction of sp³-hybridized carbons (Fsp3) is 0. The van der Waals surface area contributed by atoms with Crippen molar-refractivity contribution in [2.45, 2.75) is 0 Å². The van der Waals surface area contributed by atoms with Crippen LogP contribution in [-0.4, -0.2) is 10.2 Å². The highest BCUT2D eigenvalue weighted by Crippen LogP contribution is 2.25. The molecule has 2 nitrogen and oxygen atoms in total. The molecule has 0 unspecified atom stereocenters. The Morgan fingerprint density at radius 2 is 1.53 bits per heavy atom. The first-order valence-corrected chi connectivity index (χ1v) is 5.11. The molecule has 86 valence electrons. The van der Waals surface area contributed by atoms with Gasteiger partial charge in [0.1, 0.15) is 17.3 Å². The van der Waals surface area contributed by atoms with Crippen LogP contribution in [0.5, 0.6) is 11.5 Å². The van der Waals surface area contributed by atoms with E-state index in [4.69, 9.17) is 0 Å². The van der Waals surface area contributed by atoms with Crippen LogP contribution in [0.1, 0.15) is 11.1 Å². The standard InChI is InChI=1S/C14H11FO2/c15-14(11-4-2-1-3-5-11)8-10-6-12(16)9-13(17)7-10/h1-9,16-17H. The molecule has 0 radical (unpaired) electrons. The smallest absolute Gasteiger partial charge is 0.131 e. The number of aromatic hydroxyl groups is 2. The Morgan fingerprint density at radius 1 is 0.941 bits per heavy atom. The molecule has 0 spiro atoms. The maximum atomic E-state index is 13.8. The molecule has 0 aliphatic heterocycles. The third kappa shape index (κ3) is 2.84. The van der Waals surface area contributed by atoms with E-state index in [9.17, 15) is 14.6 Å². The van der Waals surface area contributed by atoms with Crippen molar-refractivity contribution >= 4 is 11.9 Å². The van der Waals surface area contributed by atoms with Gasteiger partial charge in [0.05, 0.1) is 0 Å². The molecule has 2 aromatic rings. The number of phenols is 2. The SMILES string of the molecule is Oc1cc(O)cc(C=C(F)c2ccccc2)c1. The highest BCUT2D eigenvalue weighted by molar-refractivity contribution is 5.77. The summed E-state index contributed by atoms with van der Waals surface area (Å²) in [6.45, 7) is 0. The van der Waals surface area contributed by atoms with E-state index in [1.807, 2.05) is 0 Å². The van der Waals surface area contributed by atoms with Crippen LogP contribution in [-0.2, 0) is 0 Å². The fourth-order valence-electron chi connectivity index (χ4n) is 1.53. The first-order chi connectivity index (χ1) is 8.15. The van der Waals surface area contributed by atoms with Crippen LogP contribution in [0.25, 0.3) is 11.9 Å². The van der Waals surface area contributed by atoms with Gasteiger partial charge >= 0.3 is 0 Å². The summed E-state index contributed by atoms with van der Waals surface area (Å²) in [4.78, 5) is 0. The maximum Gasteiger partial charge on any atom is 0.131 e. The molecule has 0 bridgehead atoms. The van der Waals surface area contributed by atoms with Crippen LogP contribution in [0.15, 0.2) is 48.5 Å². The highest BCUT2D eigenvalue weighted by Gasteiger charge is 2.01. The lowest BCUT2D eigenvalue weighted by Crippen LogP contribution is -1.78. The van der Waals surface area contributed by atoms with Crippen LogP contribution in [0.2, 0.25) is 0 Å². The Labute approximate surface area is 98.3 Å². The molecule has 0 aliphatic rings. The zero-order valence-corrected chi connectivity index (χ0v) is 8.97. The van der Waals surface area contributed by atoms with E-state index < -0.39 is 5.83 Å². The Kier molecular flexibility index (Phi) is 3.10. The van der Waals surface area contributed by atoms with Crippen LogP contribution < -0.4 is 0 Å². The van der Waals surface area contributed by atoms with E-state index in [0.29, 0.717) is 11.1 Å². The summed E-state index contributed by atoms with van der Waals surface area (Å²) in [5, 5.41) is 18.5. The van der Waals surface area contributed by atoms with Gasteiger partial charge in [-0.1, -0.05) is 30.3 Å². The third-order valence-corrected chi connectivity index (χ3v) is 2.27. The predicted octanol–water partition coefficient (Wildman–Crippen LogP) is 3.57. The second-order valence-corrected chi connectivity index (χ2v) is 3.64. The molecule has 2 N–H and O–H groups in total. The molecular weight excluding hydrogens is 219 g/mol. The van der Waals surface area contributed by atoms with Gasteiger partial charge in [-0.25, -0.2) is 4.39 Å². The lowest BCUT2D eigenvalue weighted by atomic mass is 10.1. The van der Waals surface area contributed by atoms with Gasteiger partial charge in [-0.2, -0.15) is 0 Å². The number of benzene rings is 2. The molecule has 3 heteroatoms. The largest absolute Gasteiger partial charge is 0.508 e. The number of phenolic OH excluding ortho intramolecular Hbond substituents is 2. The quantitative estimate of drug-likeness (QED) is 0.774. The van der Waals surface area contributed by atoms with Crippen molar-refractivity contribution < 1.29 is 14.6 Å². The van der Waals surface area contributed by atoms with Crippen LogP contribution >= 0.6 is 0 Å². The van der Waals surface area contributed by atoms with E-state index in [1.54, 1.807) is 30.3 Å². The first-order valence-electron chi connectivity index (χ1n) is 5.11. The summed E-state index contributed by atoms with van der Waals surface area (Å²) in [5.41, 5.74) is 0.860. The van der Waals surface area contributed by atoms with Crippen molar-refractivity contribution in [1.82, 2.24) is 0 Å². The molecule has 0 amide bonds. The average molecular weight is 230 g/mol. The predicted molar refractivity (Wildman–Crippen MR) is 65.2 cm³/mol. The Morgan fingerprint density at radius 3 is 2.12 bits per heavy atom. The summed E-state index contributed by atoms with van der Waals surface area (Å²) < 4.78 is 13.8. The van der Waals surface area contributed by atoms with Gasteiger partial charge < -0.3 is 10.2 Å². The van der Waals surface area contributed by atoms with E-state index in [1.165, 1.54) is 24.3 Å². The second-order valence-electron chi connectivity index (χ2n) is 3.64. The topological polar surface area (TPSA) is 40.5 Å². The van der Waals surface area contributed by atoms with Gasteiger partial charge in [-0.15, -0.1) is 0 Å². The number of halogens is 1. The van der Waals surface area contributed by atoms with Crippen molar-refractivity contribution in [2.24, 2.45) is 0 Å². The zero-order chi connectivity index (χ0) is 12.3. The summed E-state index contributed by atoms with van der Waals surface area (Å²) >= 11 is 0. The van der Waals surface area contributed by atoms with Crippen molar-refractivity contribution in [3.63, 3.8) is 0 Å². The summed E-state index contributed by atoms with van der Waals surface area (Å²) in [6, 6.07) is 12.5. The molecule has 2 rings (SSSR count). The number of hydrogen-bond acceptors (Lipinski definition) is 2. The monoisotopic (exact) mass is 230 g/mol. The molecule has 0 saturated heterocycles. The Balaban J connectivity index is 2.36. The molecule has 0 aliphatic carbocycles. The molecule has 0 aromatic heterocycles. The second kappa shape index (κ2) is 4.70. The Bertz CT molecular complexity index is 527. The van der Waals surface area contributed by atoms with Crippen molar-refractivity contribution in [3.8, 4) is 11.5 Å².